The number of nitrogens with zero attached hydrogens (tertiary/aromatic N) is 1. The lowest BCUT2D eigenvalue weighted by atomic mass is 10.1. The SMILES string of the molecule is NC(=O)CN(c1ccc(Cl)cc1N)C1CCCC1. The zero-order valence-electron chi connectivity index (χ0n) is 10.2. The predicted molar refractivity (Wildman–Crippen MR) is 74.7 cm³/mol. The highest BCUT2D eigenvalue weighted by Gasteiger charge is 2.25. The van der Waals surface area contributed by atoms with E-state index in [1.807, 2.05) is 11.0 Å². The summed E-state index contributed by atoms with van der Waals surface area (Å²) in [6, 6.07) is 5.70. The highest BCUT2D eigenvalue weighted by Crippen LogP contribution is 2.32. The van der Waals surface area contributed by atoms with Crippen LogP contribution in [-0.2, 0) is 4.79 Å². The van der Waals surface area contributed by atoms with E-state index in [2.05, 4.69) is 0 Å². The van der Waals surface area contributed by atoms with E-state index < -0.39 is 0 Å². The van der Waals surface area contributed by atoms with Crippen LogP contribution < -0.4 is 16.4 Å². The second-order valence-electron chi connectivity index (χ2n) is 4.74. The molecule has 5 heteroatoms. The van der Waals surface area contributed by atoms with E-state index in [0.717, 1.165) is 18.5 Å². The van der Waals surface area contributed by atoms with Crippen LogP contribution in [-0.4, -0.2) is 18.5 Å². The van der Waals surface area contributed by atoms with Gasteiger partial charge in [0.25, 0.3) is 0 Å². The van der Waals surface area contributed by atoms with Crippen LogP contribution in [0, 0.1) is 0 Å². The van der Waals surface area contributed by atoms with Gasteiger partial charge in [-0.1, -0.05) is 24.4 Å². The lowest BCUT2D eigenvalue weighted by molar-refractivity contribution is -0.116. The van der Waals surface area contributed by atoms with Crippen LogP contribution in [0.5, 0.6) is 0 Å². The summed E-state index contributed by atoms with van der Waals surface area (Å²) < 4.78 is 0. The number of benzene rings is 1. The average Bonchev–Trinajstić information content (AvgIpc) is 2.79. The molecule has 1 aliphatic carbocycles. The van der Waals surface area contributed by atoms with E-state index in [4.69, 9.17) is 23.1 Å². The number of amides is 1. The van der Waals surface area contributed by atoms with E-state index >= 15 is 0 Å². The van der Waals surface area contributed by atoms with Gasteiger partial charge in [0.05, 0.1) is 17.9 Å². The molecule has 0 atom stereocenters. The molecule has 2 rings (SSSR count). The van der Waals surface area contributed by atoms with Crippen LogP contribution in [0.4, 0.5) is 11.4 Å². The first-order chi connectivity index (χ1) is 8.58. The third-order valence-electron chi connectivity index (χ3n) is 3.39. The Balaban J connectivity index is 2.29. The molecule has 1 saturated carbocycles. The molecule has 1 aromatic carbocycles. The summed E-state index contributed by atoms with van der Waals surface area (Å²) in [5, 5.41) is 0.599. The number of primary amides is 1. The van der Waals surface area contributed by atoms with E-state index in [9.17, 15) is 4.79 Å². The molecule has 1 aliphatic rings. The van der Waals surface area contributed by atoms with Crippen LogP contribution in [0.1, 0.15) is 25.7 Å². The highest BCUT2D eigenvalue weighted by atomic mass is 35.5. The second kappa shape index (κ2) is 5.48. The fraction of sp³-hybridized carbons (Fsp3) is 0.462. The molecule has 1 fully saturated rings. The van der Waals surface area contributed by atoms with Gasteiger partial charge in [-0.15, -0.1) is 0 Å². The Labute approximate surface area is 112 Å². The predicted octanol–water partition coefficient (Wildman–Crippen LogP) is 2.16. The van der Waals surface area contributed by atoms with Gasteiger partial charge in [0, 0.05) is 11.1 Å². The molecule has 0 spiro atoms. The van der Waals surface area contributed by atoms with Gasteiger partial charge < -0.3 is 16.4 Å². The molecule has 4 nitrogen and oxygen atoms in total. The second-order valence-corrected chi connectivity index (χ2v) is 5.17. The number of carbonyl (C=O) groups excluding carboxylic acids is 1. The first-order valence-corrected chi connectivity index (χ1v) is 6.55. The maximum absolute atomic E-state index is 11.2. The van der Waals surface area contributed by atoms with Crippen molar-refractivity contribution in [2.75, 3.05) is 17.2 Å². The van der Waals surface area contributed by atoms with E-state index in [1.54, 1.807) is 12.1 Å². The number of nitrogens with two attached hydrogens (primary N) is 2. The molecule has 18 heavy (non-hydrogen) atoms. The maximum atomic E-state index is 11.2. The summed E-state index contributed by atoms with van der Waals surface area (Å²) in [5.41, 5.74) is 12.8. The first kappa shape index (κ1) is 13.0. The van der Waals surface area contributed by atoms with Crippen molar-refractivity contribution in [1.82, 2.24) is 0 Å². The van der Waals surface area contributed by atoms with Crippen molar-refractivity contribution in [2.24, 2.45) is 5.73 Å². The molecular weight excluding hydrogens is 250 g/mol. The van der Waals surface area contributed by atoms with Crippen LogP contribution in [0.15, 0.2) is 18.2 Å². The Kier molecular flexibility index (Phi) is 3.97. The van der Waals surface area contributed by atoms with Gasteiger partial charge in [0.1, 0.15) is 0 Å². The summed E-state index contributed by atoms with van der Waals surface area (Å²) in [6.07, 6.45) is 4.53. The number of rotatable bonds is 4. The molecular formula is C13H18ClN3O. The zero-order chi connectivity index (χ0) is 13.1. The third-order valence-corrected chi connectivity index (χ3v) is 3.63. The van der Waals surface area contributed by atoms with E-state index in [0.29, 0.717) is 16.8 Å². The summed E-state index contributed by atoms with van der Waals surface area (Å²) in [7, 11) is 0. The van der Waals surface area contributed by atoms with Crippen molar-refractivity contribution in [3.05, 3.63) is 23.2 Å². The summed E-state index contributed by atoms with van der Waals surface area (Å²) in [6.45, 7) is 0.205. The molecule has 4 N–H and O–H groups in total. The molecule has 0 heterocycles. The molecule has 1 aromatic rings. The smallest absolute Gasteiger partial charge is 0.236 e. The minimum Gasteiger partial charge on any atom is -0.397 e. The Bertz CT molecular complexity index is 444. The molecule has 98 valence electrons. The number of hydrogen-bond donors (Lipinski definition) is 2. The van der Waals surface area contributed by atoms with Crippen molar-refractivity contribution in [2.45, 2.75) is 31.7 Å². The Morgan fingerprint density at radius 3 is 2.61 bits per heavy atom. The lowest BCUT2D eigenvalue weighted by Crippen LogP contribution is -2.40. The molecule has 0 aromatic heterocycles. The Morgan fingerprint density at radius 1 is 1.39 bits per heavy atom. The minimum atomic E-state index is -0.337. The van der Waals surface area contributed by atoms with Crippen LogP contribution in [0.3, 0.4) is 0 Å². The van der Waals surface area contributed by atoms with Crippen molar-refractivity contribution in [1.29, 1.82) is 0 Å². The number of anilines is 2. The normalized spacial score (nSPS) is 15.8. The van der Waals surface area contributed by atoms with Crippen LogP contribution >= 0.6 is 11.6 Å². The monoisotopic (exact) mass is 267 g/mol. The molecule has 1 amide bonds. The molecule has 0 radical (unpaired) electrons. The van der Waals surface area contributed by atoms with Crippen molar-refractivity contribution >= 4 is 28.9 Å². The first-order valence-electron chi connectivity index (χ1n) is 6.18. The number of nitrogen functional groups attached to an aromatic ring is 1. The van der Waals surface area contributed by atoms with Gasteiger partial charge in [0.15, 0.2) is 0 Å². The minimum absolute atomic E-state index is 0.205. The van der Waals surface area contributed by atoms with Crippen LogP contribution in [0.25, 0.3) is 0 Å². The van der Waals surface area contributed by atoms with Gasteiger partial charge in [-0.2, -0.15) is 0 Å². The fourth-order valence-corrected chi connectivity index (χ4v) is 2.76. The van der Waals surface area contributed by atoms with Gasteiger partial charge in [-0.25, -0.2) is 0 Å². The van der Waals surface area contributed by atoms with Gasteiger partial charge >= 0.3 is 0 Å². The summed E-state index contributed by atoms with van der Waals surface area (Å²) in [4.78, 5) is 13.2. The third kappa shape index (κ3) is 2.88. The van der Waals surface area contributed by atoms with Gasteiger partial charge in [0.2, 0.25) is 5.91 Å². The largest absolute Gasteiger partial charge is 0.397 e. The average molecular weight is 268 g/mol. The molecule has 0 unspecified atom stereocenters. The molecule has 0 bridgehead atoms. The zero-order valence-corrected chi connectivity index (χ0v) is 11.0. The topological polar surface area (TPSA) is 72.4 Å². The quantitative estimate of drug-likeness (QED) is 0.821. The standard InChI is InChI=1S/C13H18ClN3O/c14-9-5-6-12(11(15)7-9)17(8-13(16)18)10-3-1-2-4-10/h5-7,10H,1-4,8,15H2,(H2,16,18). The highest BCUT2D eigenvalue weighted by molar-refractivity contribution is 6.31. The van der Waals surface area contributed by atoms with E-state index in [-0.39, 0.29) is 12.5 Å². The summed E-state index contributed by atoms with van der Waals surface area (Å²) in [5.74, 6) is -0.337. The van der Waals surface area contributed by atoms with Crippen molar-refractivity contribution in [3.63, 3.8) is 0 Å². The van der Waals surface area contributed by atoms with Gasteiger partial charge in [-0.3, -0.25) is 4.79 Å². The fourth-order valence-electron chi connectivity index (χ4n) is 2.58. The molecule has 0 saturated heterocycles. The van der Waals surface area contributed by atoms with Crippen LogP contribution in [0.2, 0.25) is 5.02 Å². The Hall–Kier alpha value is -1.42. The summed E-state index contributed by atoms with van der Waals surface area (Å²) >= 11 is 5.90. The molecule has 0 aliphatic heterocycles. The van der Waals surface area contributed by atoms with Gasteiger partial charge in [-0.05, 0) is 31.0 Å². The van der Waals surface area contributed by atoms with E-state index in [1.165, 1.54) is 12.8 Å². The maximum Gasteiger partial charge on any atom is 0.236 e. The number of carbonyl (C=O) groups is 1. The lowest BCUT2D eigenvalue weighted by Gasteiger charge is -2.31. The van der Waals surface area contributed by atoms with Crippen molar-refractivity contribution in [3.8, 4) is 0 Å². The number of hydrogen-bond acceptors (Lipinski definition) is 3. The number of halogens is 1. The van der Waals surface area contributed by atoms with Crippen molar-refractivity contribution < 1.29 is 4.79 Å². The Morgan fingerprint density at radius 2 is 2.06 bits per heavy atom.